The molecule has 4 rings (SSSR count). The highest BCUT2D eigenvalue weighted by atomic mass is 19.1. The van der Waals surface area contributed by atoms with E-state index >= 15 is 0 Å². The van der Waals surface area contributed by atoms with E-state index in [1.165, 1.54) is 0 Å². The number of halogens is 1. The lowest BCUT2D eigenvalue weighted by Crippen LogP contribution is -2.35. The van der Waals surface area contributed by atoms with Gasteiger partial charge in [-0.1, -0.05) is 12.1 Å². The van der Waals surface area contributed by atoms with Gasteiger partial charge < -0.3 is 10.6 Å². The second-order valence-electron chi connectivity index (χ2n) is 7.97. The first-order valence-electron chi connectivity index (χ1n) is 9.71. The molecule has 1 aliphatic heterocycles. The molecule has 0 amide bonds. The van der Waals surface area contributed by atoms with Crippen molar-refractivity contribution >= 4 is 16.5 Å². The van der Waals surface area contributed by atoms with Gasteiger partial charge in [-0.25, -0.2) is 4.39 Å². The van der Waals surface area contributed by atoms with Gasteiger partial charge in [0.25, 0.3) is 0 Å². The Morgan fingerprint density at radius 2 is 2.15 bits per heavy atom. The van der Waals surface area contributed by atoms with E-state index in [0.29, 0.717) is 18.9 Å². The molecule has 5 heteroatoms. The number of allylic oxidation sites excluding steroid dienone is 2. The van der Waals surface area contributed by atoms with Gasteiger partial charge in [0.05, 0.1) is 6.07 Å². The minimum absolute atomic E-state index is 0.139. The van der Waals surface area contributed by atoms with Crippen molar-refractivity contribution < 1.29 is 4.39 Å². The fourth-order valence-corrected chi connectivity index (χ4v) is 4.26. The quantitative estimate of drug-likeness (QED) is 0.832. The number of rotatable bonds is 3. The average molecular weight is 364 g/mol. The maximum absolute atomic E-state index is 14.2. The Balaban J connectivity index is 1.70. The van der Waals surface area contributed by atoms with Gasteiger partial charge in [-0.05, 0) is 74.7 Å². The molecular weight excluding hydrogens is 339 g/mol. The summed E-state index contributed by atoms with van der Waals surface area (Å²) < 4.78 is 14.2. The number of nitrogens with zero attached hydrogens (tertiary/aromatic N) is 2. The van der Waals surface area contributed by atoms with E-state index in [-0.39, 0.29) is 11.7 Å². The molecule has 1 aromatic heterocycles. The largest absolute Gasteiger partial charge is 0.382 e. The first-order chi connectivity index (χ1) is 13.1. The zero-order chi connectivity index (χ0) is 18.9. The Morgan fingerprint density at radius 3 is 2.93 bits per heavy atom. The molecule has 2 N–H and O–H groups in total. The summed E-state index contributed by atoms with van der Waals surface area (Å²) in [5.74, 6) is -0.153. The number of pyridine rings is 1. The second-order valence-corrected chi connectivity index (χ2v) is 7.97. The molecule has 0 saturated carbocycles. The van der Waals surface area contributed by atoms with Gasteiger partial charge in [0.15, 0.2) is 0 Å². The lowest BCUT2D eigenvalue weighted by molar-refractivity contribution is 0.325. The Labute approximate surface area is 159 Å². The molecule has 1 aliphatic carbocycles. The van der Waals surface area contributed by atoms with Gasteiger partial charge in [-0.2, -0.15) is 5.26 Å². The predicted molar refractivity (Wildman–Crippen MR) is 106 cm³/mol. The molecule has 27 heavy (non-hydrogen) atoms. The highest BCUT2D eigenvalue weighted by molar-refractivity contribution is 5.94. The second kappa shape index (κ2) is 7.28. The molecule has 4 nitrogen and oxygen atoms in total. The van der Waals surface area contributed by atoms with Crippen molar-refractivity contribution in [3.05, 3.63) is 48.1 Å². The molecule has 0 spiro atoms. The topological polar surface area (TPSA) is 60.7 Å². The highest BCUT2D eigenvalue weighted by Gasteiger charge is 2.36. The van der Waals surface area contributed by atoms with E-state index in [1.807, 2.05) is 12.3 Å². The molecule has 2 aliphatic rings. The Hall–Kier alpha value is -2.45. The van der Waals surface area contributed by atoms with E-state index in [0.717, 1.165) is 48.0 Å². The zero-order valence-electron chi connectivity index (χ0n) is 15.6. The number of nitrogens with one attached hydrogen (secondary N) is 2. The lowest BCUT2D eigenvalue weighted by Gasteiger charge is -2.31. The van der Waals surface area contributed by atoms with E-state index in [1.54, 1.807) is 19.2 Å². The van der Waals surface area contributed by atoms with Gasteiger partial charge in [0.2, 0.25) is 0 Å². The van der Waals surface area contributed by atoms with Crippen LogP contribution < -0.4 is 10.6 Å². The van der Waals surface area contributed by atoms with Gasteiger partial charge >= 0.3 is 0 Å². The molecule has 2 aromatic rings. The molecule has 1 unspecified atom stereocenters. The maximum atomic E-state index is 14.2. The molecule has 2 heterocycles. The molecule has 2 atom stereocenters. The summed E-state index contributed by atoms with van der Waals surface area (Å²) >= 11 is 0. The standard InChI is InChI=1S/C22H25FN4/c1-22(14-24)12-16(2-3-21(22)23)17-10-15-4-7-26-13-19(15)20(11-17)27-18-5-8-25-9-6-18/h3-4,7,10-11,13,16,18,25,27H,2,5-6,8-9,12H2,1H3/t16?,22-/m1/s1. The Morgan fingerprint density at radius 1 is 1.33 bits per heavy atom. The molecular formula is C22H25FN4. The fraction of sp³-hybridized carbons (Fsp3) is 0.455. The van der Waals surface area contributed by atoms with Gasteiger partial charge in [-0.15, -0.1) is 0 Å². The monoisotopic (exact) mass is 364 g/mol. The summed E-state index contributed by atoms with van der Waals surface area (Å²) in [5, 5.41) is 18.8. The van der Waals surface area contributed by atoms with Crippen molar-refractivity contribution in [2.24, 2.45) is 5.41 Å². The molecule has 0 radical (unpaired) electrons. The first-order valence-corrected chi connectivity index (χ1v) is 9.71. The molecule has 1 fully saturated rings. The van der Waals surface area contributed by atoms with Crippen LogP contribution in [-0.2, 0) is 0 Å². The Kier molecular flexibility index (Phi) is 4.84. The average Bonchev–Trinajstić information content (AvgIpc) is 2.71. The minimum atomic E-state index is -1.03. The number of anilines is 1. The summed E-state index contributed by atoms with van der Waals surface area (Å²) in [6.45, 7) is 3.76. The van der Waals surface area contributed by atoms with Crippen molar-refractivity contribution in [2.45, 2.75) is 44.6 Å². The maximum Gasteiger partial charge on any atom is 0.116 e. The molecule has 140 valence electrons. The third kappa shape index (κ3) is 3.54. The fourth-order valence-electron chi connectivity index (χ4n) is 4.26. The van der Waals surface area contributed by atoms with Crippen molar-refractivity contribution in [1.82, 2.24) is 10.3 Å². The third-order valence-corrected chi connectivity index (χ3v) is 5.96. The summed E-state index contributed by atoms with van der Waals surface area (Å²) in [6.07, 6.45) is 8.63. The van der Waals surface area contributed by atoms with E-state index in [2.05, 4.69) is 33.8 Å². The van der Waals surface area contributed by atoms with Crippen LogP contribution in [0.15, 0.2) is 42.5 Å². The summed E-state index contributed by atoms with van der Waals surface area (Å²) in [5.41, 5.74) is 1.23. The van der Waals surface area contributed by atoms with E-state index < -0.39 is 5.41 Å². The predicted octanol–water partition coefficient (Wildman–Crippen LogP) is 4.66. The van der Waals surface area contributed by atoms with Crippen LogP contribution in [0.2, 0.25) is 0 Å². The lowest BCUT2D eigenvalue weighted by atomic mass is 9.73. The normalized spacial score (nSPS) is 26.4. The van der Waals surface area contributed by atoms with Crippen molar-refractivity contribution in [3.8, 4) is 6.07 Å². The third-order valence-electron chi connectivity index (χ3n) is 5.96. The van der Waals surface area contributed by atoms with Gasteiger partial charge in [0.1, 0.15) is 11.2 Å². The van der Waals surface area contributed by atoms with Crippen LogP contribution in [0.4, 0.5) is 10.1 Å². The zero-order valence-corrected chi connectivity index (χ0v) is 15.6. The smallest absolute Gasteiger partial charge is 0.116 e. The molecule has 0 bridgehead atoms. The molecule has 1 aromatic carbocycles. The van der Waals surface area contributed by atoms with Crippen LogP contribution in [0.3, 0.4) is 0 Å². The van der Waals surface area contributed by atoms with Crippen LogP contribution >= 0.6 is 0 Å². The number of aromatic nitrogens is 1. The van der Waals surface area contributed by atoms with Crippen molar-refractivity contribution in [2.75, 3.05) is 18.4 Å². The van der Waals surface area contributed by atoms with E-state index in [9.17, 15) is 9.65 Å². The number of piperidine rings is 1. The van der Waals surface area contributed by atoms with Crippen LogP contribution in [0, 0.1) is 16.7 Å². The van der Waals surface area contributed by atoms with Crippen molar-refractivity contribution in [3.63, 3.8) is 0 Å². The number of nitriles is 1. The number of hydrogen-bond donors (Lipinski definition) is 2. The SMILES string of the molecule is C[C@]1(C#N)CC(c2cc(NC3CCNCC3)c3cnccc3c2)CC=C1F. The van der Waals surface area contributed by atoms with Crippen LogP contribution in [0.5, 0.6) is 0 Å². The Bertz CT molecular complexity index is 910. The summed E-state index contributed by atoms with van der Waals surface area (Å²) in [7, 11) is 0. The van der Waals surface area contributed by atoms with Crippen LogP contribution in [0.1, 0.15) is 44.1 Å². The number of hydrogen-bond acceptors (Lipinski definition) is 4. The van der Waals surface area contributed by atoms with E-state index in [4.69, 9.17) is 0 Å². The summed E-state index contributed by atoms with van der Waals surface area (Å²) in [6, 6.07) is 8.99. The highest BCUT2D eigenvalue weighted by Crippen LogP contribution is 2.45. The summed E-state index contributed by atoms with van der Waals surface area (Å²) in [4.78, 5) is 4.30. The first kappa shape index (κ1) is 17.9. The van der Waals surface area contributed by atoms with Gasteiger partial charge in [0, 0.05) is 29.5 Å². The number of benzene rings is 1. The van der Waals surface area contributed by atoms with Crippen molar-refractivity contribution in [1.29, 1.82) is 5.26 Å². The minimum Gasteiger partial charge on any atom is -0.382 e. The van der Waals surface area contributed by atoms with Gasteiger partial charge in [-0.3, -0.25) is 4.98 Å². The van der Waals surface area contributed by atoms with Crippen LogP contribution in [-0.4, -0.2) is 24.1 Å². The molecule has 1 saturated heterocycles. The van der Waals surface area contributed by atoms with Crippen LogP contribution in [0.25, 0.3) is 10.8 Å². The number of fused-ring (bicyclic) bond motifs is 1.